The van der Waals surface area contributed by atoms with Crippen LogP contribution in [-0.4, -0.2) is 56.7 Å². The Bertz CT molecular complexity index is 1430. The molecule has 0 radical (unpaired) electrons. The van der Waals surface area contributed by atoms with E-state index in [1.165, 1.54) is 13.0 Å². The molecule has 2 unspecified atom stereocenters. The first kappa shape index (κ1) is 31.2. The smallest absolute Gasteiger partial charge is 0.344 e. The number of benzene rings is 1. The third kappa shape index (κ3) is 6.81. The van der Waals surface area contributed by atoms with Crippen molar-refractivity contribution in [2.45, 2.75) is 82.5 Å². The Balaban J connectivity index is 1.70. The Morgan fingerprint density at radius 3 is 2.38 bits per heavy atom. The molecule has 0 bridgehead atoms. The number of rotatable bonds is 9. The number of carbonyl (C=O) groups excluding carboxylic acids is 2. The molecule has 42 heavy (non-hydrogen) atoms. The summed E-state index contributed by atoms with van der Waals surface area (Å²) in [5.74, 6) is -9.01. The molecule has 2 aromatic heterocycles. The standard InChI is InChI=1S/C25H26F8N6O3/c1-10-18(39-42-38-10)23(41)37-19(12-5-7-24(29,30)8-6-12)21-35-15-4-3-13(17(28)20(15)36-21)14(9-16(26)27)22(40)34-11(2)25(31,32)33/h3-4,11-12,14,16,19H,5-9H2,1-2H3,(H,34,40)(H,35,36)(H,37,41)/t11-,14?,19?/m1/s1. The summed E-state index contributed by atoms with van der Waals surface area (Å²) in [4.78, 5) is 32.5. The lowest BCUT2D eigenvalue weighted by Crippen LogP contribution is -2.45. The maximum Gasteiger partial charge on any atom is 0.408 e. The van der Waals surface area contributed by atoms with E-state index in [-0.39, 0.29) is 35.6 Å². The molecule has 4 rings (SSSR count). The minimum Gasteiger partial charge on any atom is -0.344 e. The van der Waals surface area contributed by atoms with Gasteiger partial charge in [0, 0.05) is 24.8 Å². The van der Waals surface area contributed by atoms with Crippen molar-refractivity contribution in [2.24, 2.45) is 5.92 Å². The SMILES string of the molecule is Cc1nonc1C(=O)NC(c1nc2c(F)c(C(CC(F)F)C(=O)N[C@H](C)C(F)(F)F)ccc2[nH]1)C1CCC(F)(F)CC1. The number of aryl methyl sites for hydroxylation is 1. The molecular formula is C25H26F8N6O3. The van der Waals surface area contributed by atoms with Gasteiger partial charge in [-0.3, -0.25) is 9.59 Å². The van der Waals surface area contributed by atoms with E-state index in [4.69, 9.17) is 0 Å². The van der Waals surface area contributed by atoms with Crippen LogP contribution in [0.5, 0.6) is 0 Å². The van der Waals surface area contributed by atoms with Crippen LogP contribution in [0.2, 0.25) is 0 Å². The van der Waals surface area contributed by atoms with Crippen molar-refractivity contribution < 1.29 is 49.3 Å². The molecule has 1 aromatic carbocycles. The zero-order valence-electron chi connectivity index (χ0n) is 22.2. The normalized spacial score (nSPS) is 18.2. The van der Waals surface area contributed by atoms with Gasteiger partial charge in [-0.05, 0) is 43.8 Å². The number of hydrogen-bond acceptors (Lipinski definition) is 6. The quantitative estimate of drug-likeness (QED) is 0.275. The second kappa shape index (κ2) is 11.8. The Hall–Kier alpha value is -3.79. The van der Waals surface area contributed by atoms with Crippen LogP contribution in [0.3, 0.4) is 0 Å². The molecule has 1 aliphatic rings. The predicted molar refractivity (Wildman–Crippen MR) is 129 cm³/mol. The summed E-state index contributed by atoms with van der Waals surface area (Å²) in [6.45, 7) is 2.06. The van der Waals surface area contributed by atoms with Crippen molar-refractivity contribution in [3.8, 4) is 0 Å². The van der Waals surface area contributed by atoms with Gasteiger partial charge >= 0.3 is 6.18 Å². The van der Waals surface area contributed by atoms with Gasteiger partial charge in [0.1, 0.15) is 23.1 Å². The van der Waals surface area contributed by atoms with E-state index in [9.17, 15) is 40.3 Å². The molecule has 17 heteroatoms. The number of hydrogen-bond donors (Lipinski definition) is 3. The molecule has 2 amide bonds. The number of aromatic amines is 1. The van der Waals surface area contributed by atoms with E-state index < -0.39 is 90.4 Å². The zero-order valence-corrected chi connectivity index (χ0v) is 22.2. The van der Waals surface area contributed by atoms with Gasteiger partial charge in [-0.2, -0.15) is 13.2 Å². The number of amides is 2. The van der Waals surface area contributed by atoms with Gasteiger partial charge in [0.05, 0.1) is 17.5 Å². The van der Waals surface area contributed by atoms with Crippen molar-refractivity contribution in [3.63, 3.8) is 0 Å². The molecular weight excluding hydrogens is 584 g/mol. The fourth-order valence-corrected chi connectivity index (χ4v) is 4.89. The Labute approximate surface area is 232 Å². The lowest BCUT2D eigenvalue weighted by Gasteiger charge is -2.33. The van der Waals surface area contributed by atoms with E-state index in [1.54, 1.807) is 5.32 Å². The molecule has 0 saturated heterocycles. The lowest BCUT2D eigenvalue weighted by atomic mass is 9.81. The van der Waals surface area contributed by atoms with Gasteiger partial charge in [0.25, 0.3) is 5.91 Å². The van der Waals surface area contributed by atoms with Crippen LogP contribution in [0.15, 0.2) is 16.8 Å². The topological polar surface area (TPSA) is 126 Å². The lowest BCUT2D eigenvalue weighted by molar-refractivity contribution is -0.158. The van der Waals surface area contributed by atoms with E-state index in [0.717, 1.165) is 6.07 Å². The minimum absolute atomic E-state index is 0.00536. The molecule has 0 aliphatic heterocycles. The second-order valence-corrected chi connectivity index (χ2v) is 10.3. The van der Waals surface area contributed by atoms with Gasteiger partial charge in [0.15, 0.2) is 11.5 Å². The van der Waals surface area contributed by atoms with Gasteiger partial charge in [-0.25, -0.2) is 31.6 Å². The highest BCUT2D eigenvalue weighted by molar-refractivity contribution is 5.93. The first-order valence-corrected chi connectivity index (χ1v) is 12.9. The monoisotopic (exact) mass is 610 g/mol. The molecule has 1 aliphatic carbocycles. The second-order valence-electron chi connectivity index (χ2n) is 10.3. The number of halogens is 8. The average molecular weight is 611 g/mol. The summed E-state index contributed by atoms with van der Waals surface area (Å²) < 4.78 is 114. The van der Waals surface area contributed by atoms with Crippen molar-refractivity contribution in [1.29, 1.82) is 0 Å². The molecule has 3 N–H and O–H groups in total. The van der Waals surface area contributed by atoms with Gasteiger partial charge in [0.2, 0.25) is 18.3 Å². The van der Waals surface area contributed by atoms with Crippen LogP contribution < -0.4 is 10.6 Å². The average Bonchev–Trinajstić information content (AvgIpc) is 3.52. The maximum absolute atomic E-state index is 15.7. The molecule has 3 atom stereocenters. The van der Waals surface area contributed by atoms with Crippen LogP contribution in [0.4, 0.5) is 35.1 Å². The van der Waals surface area contributed by atoms with Crippen LogP contribution in [0.1, 0.15) is 78.6 Å². The Morgan fingerprint density at radius 1 is 1.14 bits per heavy atom. The third-order valence-electron chi connectivity index (χ3n) is 7.28. The molecule has 2 heterocycles. The van der Waals surface area contributed by atoms with Gasteiger partial charge < -0.3 is 15.6 Å². The van der Waals surface area contributed by atoms with E-state index in [2.05, 4.69) is 30.2 Å². The maximum atomic E-state index is 15.7. The zero-order chi connectivity index (χ0) is 31.0. The summed E-state index contributed by atoms with van der Waals surface area (Å²) in [5.41, 5.74) is -1.09. The number of carbonyl (C=O) groups is 2. The summed E-state index contributed by atoms with van der Waals surface area (Å²) in [7, 11) is 0. The van der Waals surface area contributed by atoms with Crippen LogP contribution in [-0.2, 0) is 4.79 Å². The van der Waals surface area contributed by atoms with Crippen LogP contribution in [0.25, 0.3) is 11.0 Å². The first-order valence-electron chi connectivity index (χ1n) is 12.9. The molecule has 0 spiro atoms. The number of alkyl halides is 7. The minimum atomic E-state index is -4.87. The van der Waals surface area contributed by atoms with Crippen LogP contribution in [0, 0.1) is 18.7 Å². The predicted octanol–water partition coefficient (Wildman–Crippen LogP) is 5.50. The number of fused-ring (bicyclic) bond motifs is 1. The van der Waals surface area contributed by atoms with Crippen molar-refractivity contribution in [2.75, 3.05) is 0 Å². The van der Waals surface area contributed by atoms with Gasteiger partial charge in [-0.15, -0.1) is 0 Å². The Kier molecular flexibility index (Phi) is 8.78. The number of imidazole rings is 1. The van der Waals surface area contributed by atoms with Crippen molar-refractivity contribution in [1.82, 2.24) is 30.9 Å². The largest absolute Gasteiger partial charge is 0.408 e. The highest BCUT2D eigenvalue weighted by atomic mass is 19.4. The van der Waals surface area contributed by atoms with Gasteiger partial charge in [-0.1, -0.05) is 11.2 Å². The summed E-state index contributed by atoms with van der Waals surface area (Å²) in [5, 5.41) is 11.3. The molecule has 3 aromatic rings. The fraction of sp³-hybridized carbons (Fsp3) is 0.560. The summed E-state index contributed by atoms with van der Waals surface area (Å²) in [6, 6.07) is -1.27. The van der Waals surface area contributed by atoms with E-state index >= 15 is 4.39 Å². The van der Waals surface area contributed by atoms with E-state index in [0.29, 0.717) is 6.92 Å². The molecule has 230 valence electrons. The fourth-order valence-electron chi connectivity index (χ4n) is 4.89. The highest BCUT2D eigenvalue weighted by Gasteiger charge is 2.41. The molecule has 1 saturated carbocycles. The number of nitrogens with zero attached hydrogens (tertiary/aromatic N) is 3. The number of nitrogens with one attached hydrogen (secondary N) is 3. The van der Waals surface area contributed by atoms with Crippen molar-refractivity contribution in [3.05, 3.63) is 40.7 Å². The first-order chi connectivity index (χ1) is 19.6. The highest BCUT2D eigenvalue weighted by Crippen LogP contribution is 2.41. The number of aromatic nitrogens is 4. The van der Waals surface area contributed by atoms with Crippen LogP contribution >= 0.6 is 0 Å². The Morgan fingerprint density at radius 2 is 1.81 bits per heavy atom. The van der Waals surface area contributed by atoms with Crippen molar-refractivity contribution >= 4 is 22.8 Å². The summed E-state index contributed by atoms with van der Waals surface area (Å²) in [6.07, 6.45) is -10.3. The molecule has 1 fully saturated rings. The summed E-state index contributed by atoms with van der Waals surface area (Å²) >= 11 is 0. The third-order valence-corrected chi connectivity index (χ3v) is 7.28. The molecule has 9 nitrogen and oxygen atoms in total. The number of H-pyrrole nitrogens is 1. The van der Waals surface area contributed by atoms with E-state index in [1.807, 2.05) is 0 Å².